The summed E-state index contributed by atoms with van der Waals surface area (Å²) in [6, 6.07) is 1.86. The number of hydrogen-bond acceptors (Lipinski definition) is 4. The zero-order valence-electron chi connectivity index (χ0n) is 10.0. The third kappa shape index (κ3) is 4.76. The van der Waals surface area contributed by atoms with Crippen molar-refractivity contribution in [2.24, 2.45) is 5.73 Å². The Bertz CT molecular complexity index is 443. The van der Waals surface area contributed by atoms with Gasteiger partial charge in [0.15, 0.2) is 5.75 Å². The number of nitrogens with two attached hydrogens (primary N) is 1. The Kier molecular flexibility index (Phi) is 5.58. The first-order valence-electron chi connectivity index (χ1n) is 5.23. The second kappa shape index (κ2) is 6.95. The SMILES string of the molecule is COCC(N)C(=O)Nc1ccc(F)cc1OC(F)F. The minimum atomic E-state index is -3.13. The summed E-state index contributed by atoms with van der Waals surface area (Å²) in [7, 11) is 1.36. The van der Waals surface area contributed by atoms with Crippen molar-refractivity contribution in [2.75, 3.05) is 19.0 Å². The topological polar surface area (TPSA) is 73.6 Å². The molecule has 0 spiro atoms. The Morgan fingerprint density at radius 1 is 1.47 bits per heavy atom. The molecule has 0 aromatic heterocycles. The maximum atomic E-state index is 12.9. The number of rotatable bonds is 6. The van der Waals surface area contributed by atoms with Gasteiger partial charge in [0.05, 0.1) is 12.3 Å². The van der Waals surface area contributed by atoms with Gasteiger partial charge in [0.2, 0.25) is 5.91 Å². The second-order valence-corrected chi connectivity index (χ2v) is 3.57. The third-order valence-corrected chi connectivity index (χ3v) is 2.10. The molecule has 19 heavy (non-hydrogen) atoms. The fourth-order valence-corrected chi connectivity index (χ4v) is 1.27. The maximum Gasteiger partial charge on any atom is 0.387 e. The number of halogens is 3. The van der Waals surface area contributed by atoms with Crippen molar-refractivity contribution in [2.45, 2.75) is 12.7 Å². The highest BCUT2D eigenvalue weighted by Crippen LogP contribution is 2.27. The van der Waals surface area contributed by atoms with Crippen LogP contribution in [0.3, 0.4) is 0 Å². The lowest BCUT2D eigenvalue weighted by atomic mass is 10.2. The van der Waals surface area contributed by atoms with Crippen LogP contribution < -0.4 is 15.8 Å². The number of nitrogens with one attached hydrogen (secondary N) is 1. The van der Waals surface area contributed by atoms with Gasteiger partial charge < -0.3 is 20.5 Å². The number of carbonyl (C=O) groups excluding carboxylic acids is 1. The van der Waals surface area contributed by atoms with Crippen molar-refractivity contribution in [1.29, 1.82) is 0 Å². The van der Waals surface area contributed by atoms with Crippen LogP contribution in [0, 0.1) is 5.82 Å². The first kappa shape index (κ1) is 15.3. The molecule has 1 unspecified atom stereocenters. The van der Waals surface area contributed by atoms with E-state index in [1.807, 2.05) is 0 Å². The number of methoxy groups -OCH3 is 1. The van der Waals surface area contributed by atoms with Gasteiger partial charge in [-0.3, -0.25) is 4.79 Å². The maximum absolute atomic E-state index is 12.9. The normalized spacial score (nSPS) is 12.3. The molecule has 3 N–H and O–H groups in total. The third-order valence-electron chi connectivity index (χ3n) is 2.10. The number of hydrogen-bond donors (Lipinski definition) is 2. The summed E-state index contributed by atoms with van der Waals surface area (Å²) in [5.41, 5.74) is 5.36. The number of alkyl halides is 2. The van der Waals surface area contributed by atoms with Crippen molar-refractivity contribution in [3.63, 3.8) is 0 Å². The van der Waals surface area contributed by atoms with Crippen molar-refractivity contribution in [3.8, 4) is 5.75 Å². The lowest BCUT2D eigenvalue weighted by Gasteiger charge is -2.14. The van der Waals surface area contributed by atoms with E-state index >= 15 is 0 Å². The molecule has 0 fully saturated rings. The molecule has 8 heteroatoms. The standard InChI is InChI=1S/C11H13F3N2O3/c1-18-5-7(15)10(17)16-8-3-2-6(12)4-9(8)19-11(13)14/h2-4,7,11H,5,15H2,1H3,(H,16,17). The van der Waals surface area contributed by atoms with Gasteiger partial charge in [0, 0.05) is 13.2 Å². The van der Waals surface area contributed by atoms with Crippen molar-refractivity contribution in [3.05, 3.63) is 24.0 Å². The fourth-order valence-electron chi connectivity index (χ4n) is 1.27. The molecule has 106 valence electrons. The van der Waals surface area contributed by atoms with E-state index in [4.69, 9.17) is 5.73 Å². The molecular weight excluding hydrogens is 265 g/mol. The van der Waals surface area contributed by atoms with E-state index in [0.717, 1.165) is 18.2 Å². The smallest absolute Gasteiger partial charge is 0.387 e. The Balaban J connectivity index is 2.84. The fraction of sp³-hybridized carbons (Fsp3) is 0.364. The molecule has 0 saturated carbocycles. The monoisotopic (exact) mass is 278 g/mol. The Hall–Kier alpha value is -1.80. The van der Waals surface area contributed by atoms with Gasteiger partial charge in [-0.1, -0.05) is 0 Å². The molecule has 0 saturated heterocycles. The number of anilines is 1. The number of ether oxygens (including phenoxy) is 2. The Labute approximate surface area is 107 Å². The lowest BCUT2D eigenvalue weighted by molar-refractivity contribution is -0.118. The van der Waals surface area contributed by atoms with Gasteiger partial charge in [-0.15, -0.1) is 0 Å². The molecule has 1 rings (SSSR count). The van der Waals surface area contributed by atoms with Gasteiger partial charge in [-0.25, -0.2) is 4.39 Å². The average molecular weight is 278 g/mol. The molecule has 0 aliphatic carbocycles. The molecule has 1 aromatic carbocycles. The first-order valence-corrected chi connectivity index (χ1v) is 5.23. The molecule has 0 heterocycles. The minimum Gasteiger partial charge on any atom is -0.432 e. The van der Waals surface area contributed by atoms with Gasteiger partial charge in [-0.2, -0.15) is 8.78 Å². The van der Waals surface area contributed by atoms with Crippen LogP contribution in [0.25, 0.3) is 0 Å². The highest BCUT2D eigenvalue weighted by atomic mass is 19.3. The predicted molar refractivity (Wildman–Crippen MR) is 61.5 cm³/mol. The number of amides is 1. The largest absolute Gasteiger partial charge is 0.432 e. The summed E-state index contributed by atoms with van der Waals surface area (Å²) in [5.74, 6) is -1.91. The molecule has 1 aromatic rings. The molecule has 0 bridgehead atoms. The van der Waals surface area contributed by atoms with Crippen LogP contribution in [0.2, 0.25) is 0 Å². The van der Waals surface area contributed by atoms with Crippen LogP contribution >= 0.6 is 0 Å². The summed E-state index contributed by atoms with van der Waals surface area (Å²) in [6.07, 6.45) is 0. The average Bonchev–Trinajstić information content (AvgIpc) is 2.32. The van der Waals surface area contributed by atoms with E-state index in [9.17, 15) is 18.0 Å². The predicted octanol–water partition coefficient (Wildman–Crippen LogP) is 1.34. The second-order valence-electron chi connectivity index (χ2n) is 3.57. The first-order chi connectivity index (χ1) is 8.93. The van der Waals surface area contributed by atoms with Gasteiger partial charge in [0.25, 0.3) is 0 Å². The lowest BCUT2D eigenvalue weighted by Crippen LogP contribution is -2.39. The highest BCUT2D eigenvalue weighted by Gasteiger charge is 2.17. The van der Waals surface area contributed by atoms with Crippen LogP contribution in [0.1, 0.15) is 0 Å². The molecule has 0 aliphatic heterocycles. The van der Waals surface area contributed by atoms with Crippen LogP contribution in [-0.4, -0.2) is 32.3 Å². The van der Waals surface area contributed by atoms with Gasteiger partial charge in [-0.05, 0) is 12.1 Å². The van der Waals surface area contributed by atoms with Crippen molar-refractivity contribution < 1.29 is 27.4 Å². The van der Waals surface area contributed by atoms with E-state index in [1.165, 1.54) is 7.11 Å². The highest BCUT2D eigenvalue weighted by molar-refractivity contribution is 5.96. The summed E-state index contributed by atoms with van der Waals surface area (Å²) in [5, 5.41) is 2.26. The zero-order valence-corrected chi connectivity index (χ0v) is 10.0. The zero-order chi connectivity index (χ0) is 14.4. The van der Waals surface area contributed by atoms with Crippen LogP contribution in [-0.2, 0) is 9.53 Å². The molecule has 1 amide bonds. The number of benzene rings is 1. The van der Waals surface area contributed by atoms with Crippen molar-refractivity contribution >= 4 is 11.6 Å². The van der Waals surface area contributed by atoms with Gasteiger partial charge in [0.1, 0.15) is 11.9 Å². The molecule has 0 radical (unpaired) electrons. The molecular formula is C11H13F3N2O3. The van der Waals surface area contributed by atoms with Crippen molar-refractivity contribution in [1.82, 2.24) is 0 Å². The van der Waals surface area contributed by atoms with E-state index in [-0.39, 0.29) is 12.3 Å². The summed E-state index contributed by atoms with van der Waals surface area (Å²) >= 11 is 0. The summed E-state index contributed by atoms with van der Waals surface area (Å²) in [6.45, 7) is -3.18. The Morgan fingerprint density at radius 2 is 2.16 bits per heavy atom. The van der Waals surface area contributed by atoms with E-state index in [1.54, 1.807) is 0 Å². The number of carbonyl (C=O) groups is 1. The molecule has 1 atom stereocenters. The van der Waals surface area contributed by atoms with Crippen LogP contribution in [0.4, 0.5) is 18.9 Å². The van der Waals surface area contributed by atoms with E-state index in [0.29, 0.717) is 0 Å². The Morgan fingerprint density at radius 3 is 2.74 bits per heavy atom. The van der Waals surface area contributed by atoms with E-state index < -0.39 is 30.1 Å². The minimum absolute atomic E-state index is 0.0436. The van der Waals surface area contributed by atoms with Gasteiger partial charge >= 0.3 is 6.61 Å². The summed E-state index contributed by atoms with van der Waals surface area (Å²) in [4.78, 5) is 11.6. The van der Waals surface area contributed by atoms with Crippen LogP contribution in [0.5, 0.6) is 5.75 Å². The summed E-state index contributed by atoms with van der Waals surface area (Å²) < 4.78 is 46.0. The quantitative estimate of drug-likeness (QED) is 0.823. The van der Waals surface area contributed by atoms with Crippen LogP contribution in [0.15, 0.2) is 18.2 Å². The van der Waals surface area contributed by atoms with E-state index in [2.05, 4.69) is 14.8 Å². The molecule has 0 aliphatic rings. The molecule has 5 nitrogen and oxygen atoms in total.